The molecule has 0 unspecified atom stereocenters. The molecule has 0 fully saturated rings. The van der Waals surface area contributed by atoms with E-state index in [1.165, 1.54) is 18.3 Å². The molecule has 1 atom stereocenters. The highest BCUT2D eigenvalue weighted by molar-refractivity contribution is 9.10. The number of nitrogens with zero attached hydrogens (tertiary/aromatic N) is 2. The molecule has 2 rings (SSSR count). The third kappa shape index (κ3) is 3.04. The van der Waals surface area contributed by atoms with Crippen molar-refractivity contribution in [3.05, 3.63) is 64.1 Å². The van der Waals surface area contributed by atoms with E-state index in [0.717, 1.165) is 6.07 Å². The Morgan fingerprint density at radius 2 is 2.16 bits per heavy atom. The lowest BCUT2D eigenvalue weighted by Crippen LogP contribution is -2.12. The van der Waals surface area contributed by atoms with Crippen LogP contribution in [0.5, 0.6) is 0 Å². The molecule has 1 aromatic carbocycles. The van der Waals surface area contributed by atoms with E-state index < -0.39 is 17.5 Å². The quantitative estimate of drug-likeness (QED) is 0.814. The molecule has 0 radical (unpaired) electrons. The standard InChI is InChI=1S/C14H8BrFN2O/c15-10-5-9(6-11(16)7-10)14(19)12(8-17)13-3-1-2-4-18-13/h1-7,12H/t12-/m1/s1. The summed E-state index contributed by atoms with van der Waals surface area (Å²) in [4.78, 5) is 16.2. The van der Waals surface area contributed by atoms with Gasteiger partial charge in [0.15, 0.2) is 11.7 Å². The highest BCUT2D eigenvalue weighted by Crippen LogP contribution is 2.22. The first kappa shape index (κ1) is 13.4. The number of ketones is 1. The van der Waals surface area contributed by atoms with E-state index in [-0.39, 0.29) is 5.56 Å². The van der Waals surface area contributed by atoms with E-state index in [1.807, 2.05) is 6.07 Å². The van der Waals surface area contributed by atoms with Crippen molar-refractivity contribution < 1.29 is 9.18 Å². The smallest absolute Gasteiger partial charge is 0.186 e. The molecule has 3 nitrogen and oxygen atoms in total. The molecule has 5 heteroatoms. The minimum Gasteiger partial charge on any atom is -0.292 e. The van der Waals surface area contributed by atoms with Gasteiger partial charge in [-0.1, -0.05) is 22.0 Å². The number of nitriles is 1. The molecule has 0 aliphatic heterocycles. The largest absolute Gasteiger partial charge is 0.292 e. The van der Waals surface area contributed by atoms with Gasteiger partial charge in [0.2, 0.25) is 0 Å². The van der Waals surface area contributed by atoms with Crippen LogP contribution in [0.2, 0.25) is 0 Å². The summed E-state index contributed by atoms with van der Waals surface area (Å²) >= 11 is 3.12. The zero-order valence-electron chi connectivity index (χ0n) is 9.68. The van der Waals surface area contributed by atoms with Crippen molar-refractivity contribution in [3.8, 4) is 6.07 Å². The molecule has 0 aliphatic rings. The fraction of sp³-hybridized carbons (Fsp3) is 0.0714. The predicted molar refractivity (Wildman–Crippen MR) is 71.0 cm³/mol. The van der Waals surface area contributed by atoms with Crippen LogP contribution in [0.1, 0.15) is 22.0 Å². The monoisotopic (exact) mass is 318 g/mol. The number of benzene rings is 1. The summed E-state index contributed by atoms with van der Waals surface area (Å²) in [6, 6.07) is 10.7. The minimum atomic E-state index is -1.03. The Balaban J connectivity index is 2.40. The number of carbonyl (C=O) groups is 1. The predicted octanol–water partition coefficient (Wildman–Crippen LogP) is 3.47. The van der Waals surface area contributed by atoms with Gasteiger partial charge in [0, 0.05) is 16.2 Å². The van der Waals surface area contributed by atoms with Gasteiger partial charge in [0.1, 0.15) is 5.82 Å². The van der Waals surface area contributed by atoms with Crippen LogP contribution in [0.25, 0.3) is 0 Å². The van der Waals surface area contributed by atoms with Gasteiger partial charge in [-0.15, -0.1) is 0 Å². The third-order valence-corrected chi connectivity index (χ3v) is 2.98. The number of rotatable bonds is 3. The molecule has 2 aromatic rings. The summed E-state index contributed by atoms with van der Waals surface area (Å²) in [5, 5.41) is 9.13. The number of hydrogen-bond donors (Lipinski definition) is 0. The lowest BCUT2D eigenvalue weighted by atomic mass is 9.95. The zero-order valence-corrected chi connectivity index (χ0v) is 11.3. The Morgan fingerprint density at radius 1 is 1.37 bits per heavy atom. The molecule has 0 amide bonds. The van der Waals surface area contributed by atoms with Crippen LogP contribution < -0.4 is 0 Å². The molecule has 1 heterocycles. The molecular weight excluding hydrogens is 311 g/mol. The van der Waals surface area contributed by atoms with Crippen molar-refractivity contribution in [3.63, 3.8) is 0 Å². The van der Waals surface area contributed by atoms with Crippen molar-refractivity contribution in [2.75, 3.05) is 0 Å². The van der Waals surface area contributed by atoms with Crippen molar-refractivity contribution in [1.82, 2.24) is 4.98 Å². The third-order valence-electron chi connectivity index (χ3n) is 2.52. The second kappa shape index (κ2) is 5.72. The Bertz CT molecular complexity index is 632. The zero-order chi connectivity index (χ0) is 13.8. The number of halogens is 2. The maximum Gasteiger partial charge on any atom is 0.186 e. The van der Waals surface area contributed by atoms with Crippen LogP contribution >= 0.6 is 15.9 Å². The summed E-state index contributed by atoms with van der Waals surface area (Å²) in [5.74, 6) is -2.04. The Hall–Kier alpha value is -2.06. The van der Waals surface area contributed by atoms with E-state index >= 15 is 0 Å². The Labute approximate surface area is 117 Å². The molecule has 0 aliphatic carbocycles. The molecule has 0 saturated carbocycles. The topological polar surface area (TPSA) is 53.8 Å². The fourth-order valence-electron chi connectivity index (χ4n) is 1.67. The van der Waals surface area contributed by atoms with E-state index in [4.69, 9.17) is 5.26 Å². The van der Waals surface area contributed by atoms with Crippen LogP contribution in [0.4, 0.5) is 4.39 Å². The molecule has 0 bridgehead atoms. The average Bonchev–Trinajstić information content (AvgIpc) is 2.39. The van der Waals surface area contributed by atoms with Gasteiger partial charge in [-0.3, -0.25) is 9.78 Å². The summed E-state index contributed by atoms with van der Waals surface area (Å²) in [7, 11) is 0. The maximum absolute atomic E-state index is 13.3. The van der Waals surface area contributed by atoms with Gasteiger partial charge < -0.3 is 0 Å². The molecule has 0 N–H and O–H groups in total. The van der Waals surface area contributed by atoms with E-state index in [9.17, 15) is 9.18 Å². The molecule has 0 spiro atoms. The number of Topliss-reactive ketones (excluding diaryl/α,β-unsaturated/α-hetero) is 1. The Kier molecular flexibility index (Phi) is 4.03. The van der Waals surface area contributed by atoms with Crippen LogP contribution in [0.3, 0.4) is 0 Å². The number of aromatic nitrogens is 1. The van der Waals surface area contributed by atoms with Gasteiger partial charge in [-0.05, 0) is 30.3 Å². The number of hydrogen-bond acceptors (Lipinski definition) is 3. The first-order valence-electron chi connectivity index (χ1n) is 5.42. The van der Waals surface area contributed by atoms with Gasteiger partial charge in [-0.2, -0.15) is 5.26 Å². The average molecular weight is 319 g/mol. The minimum absolute atomic E-state index is 0.143. The first-order chi connectivity index (χ1) is 9.11. The fourth-order valence-corrected chi connectivity index (χ4v) is 2.13. The maximum atomic E-state index is 13.3. The molecular formula is C14H8BrFN2O. The SMILES string of the molecule is N#C[C@@H](C(=O)c1cc(F)cc(Br)c1)c1ccccn1. The van der Waals surface area contributed by atoms with E-state index in [1.54, 1.807) is 18.2 Å². The van der Waals surface area contributed by atoms with Crippen molar-refractivity contribution in [1.29, 1.82) is 5.26 Å². The highest BCUT2D eigenvalue weighted by atomic mass is 79.9. The Morgan fingerprint density at radius 3 is 2.74 bits per heavy atom. The first-order valence-corrected chi connectivity index (χ1v) is 6.22. The number of carbonyl (C=O) groups excluding carboxylic acids is 1. The number of pyridine rings is 1. The van der Waals surface area contributed by atoms with E-state index in [2.05, 4.69) is 20.9 Å². The normalized spacial score (nSPS) is 11.6. The van der Waals surface area contributed by atoms with Gasteiger partial charge in [0.25, 0.3) is 0 Å². The summed E-state index contributed by atoms with van der Waals surface area (Å²) in [6.07, 6.45) is 1.51. The van der Waals surface area contributed by atoms with Crippen LogP contribution in [-0.4, -0.2) is 10.8 Å². The highest BCUT2D eigenvalue weighted by Gasteiger charge is 2.23. The second-order valence-electron chi connectivity index (χ2n) is 3.84. The molecule has 19 heavy (non-hydrogen) atoms. The van der Waals surface area contributed by atoms with Crippen LogP contribution in [0.15, 0.2) is 47.1 Å². The molecule has 94 valence electrons. The van der Waals surface area contributed by atoms with Gasteiger partial charge in [-0.25, -0.2) is 4.39 Å². The van der Waals surface area contributed by atoms with Crippen LogP contribution in [0, 0.1) is 17.1 Å². The second-order valence-corrected chi connectivity index (χ2v) is 4.75. The van der Waals surface area contributed by atoms with Gasteiger partial charge >= 0.3 is 0 Å². The lowest BCUT2D eigenvalue weighted by Gasteiger charge is -2.08. The summed E-state index contributed by atoms with van der Waals surface area (Å²) < 4.78 is 13.7. The van der Waals surface area contributed by atoms with Gasteiger partial charge in [0.05, 0.1) is 11.8 Å². The summed E-state index contributed by atoms with van der Waals surface area (Å²) in [6.45, 7) is 0. The van der Waals surface area contributed by atoms with Crippen LogP contribution in [-0.2, 0) is 0 Å². The van der Waals surface area contributed by atoms with E-state index in [0.29, 0.717) is 10.2 Å². The lowest BCUT2D eigenvalue weighted by molar-refractivity contribution is 0.0977. The van der Waals surface area contributed by atoms with Crippen molar-refractivity contribution in [2.24, 2.45) is 0 Å². The molecule has 1 aromatic heterocycles. The van der Waals surface area contributed by atoms with Crippen molar-refractivity contribution in [2.45, 2.75) is 5.92 Å². The molecule has 0 saturated heterocycles. The van der Waals surface area contributed by atoms with Crippen molar-refractivity contribution >= 4 is 21.7 Å². The summed E-state index contributed by atoms with van der Waals surface area (Å²) in [5.41, 5.74) is 0.500.